The Morgan fingerprint density at radius 2 is 2.14 bits per heavy atom. The SMILES string of the molecule is O=C(O)CC1(CSCc2nc3ccccc3c(=O)[nH]2)CC1. The molecule has 1 aromatic carbocycles. The van der Waals surface area contributed by atoms with E-state index in [0.717, 1.165) is 18.6 Å². The highest BCUT2D eigenvalue weighted by Gasteiger charge is 2.44. The molecule has 1 aromatic heterocycles. The Labute approximate surface area is 125 Å². The first-order valence-electron chi connectivity index (χ1n) is 6.86. The third-order valence-electron chi connectivity index (χ3n) is 3.79. The number of thioether (sulfide) groups is 1. The van der Waals surface area contributed by atoms with Gasteiger partial charge in [-0.15, -0.1) is 0 Å². The van der Waals surface area contributed by atoms with Crippen LogP contribution in [0.15, 0.2) is 29.1 Å². The van der Waals surface area contributed by atoms with Crippen LogP contribution in [0.2, 0.25) is 0 Å². The highest BCUT2D eigenvalue weighted by atomic mass is 32.2. The van der Waals surface area contributed by atoms with Gasteiger partial charge in [-0.05, 0) is 36.1 Å². The van der Waals surface area contributed by atoms with Crippen LogP contribution < -0.4 is 5.56 Å². The lowest BCUT2D eigenvalue weighted by Gasteiger charge is -2.11. The van der Waals surface area contributed by atoms with Gasteiger partial charge >= 0.3 is 5.97 Å². The molecule has 1 fully saturated rings. The number of nitrogens with one attached hydrogen (secondary N) is 1. The van der Waals surface area contributed by atoms with Crippen LogP contribution in [-0.2, 0) is 10.5 Å². The average Bonchev–Trinajstić information content (AvgIpc) is 3.18. The molecule has 2 aromatic rings. The minimum absolute atomic E-state index is 0.0341. The van der Waals surface area contributed by atoms with Crippen molar-refractivity contribution in [1.29, 1.82) is 0 Å². The molecule has 21 heavy (non-hydrogen) atoms. The van der Waals surface area contributed by atoms with Crippen LogP contribution in [-0.4, -0.2) is 26.8 Å². The lowest BCUT2D eigenvalue weighted by Crippen LogP contribution is -2.13. The fraction of sp³-hybridized carbons (Fsp3) is 0.400. The van der Waals surface area contributed by atoms with Gasteiger partial charge in [-0.3, -0.25) is 9.59 Å². The predicted octanol–water partition coefficient (Wildman–Crippen LogP) is 2.41. The number of H-pyrrole nitrogens is 1. The van der Waals surface area contributed by atoms with Crippen molar-refractivity contribution >= 4 is 28.6 Å². The van der Waals surface area contributed by atoms with E-state index in [1.54, 1.807) is 17.8 Å². The summed E-state index contributed by atoms with van der Waals surface area (Å²) in [6, 6.07) is 7.25. The molecule has 5 nitrogen and oxygen atoms in total. The molecule has 1 aliphatic carbocycles. The predicted molar refractivity (Wildman–Crippen MR) is 82.4 cm³/mol. The van der Waals surface area contributed by atoms with Gasteiger partial charge in [0.2, 0.25) is 0 Å². The van der Waals surface area contributed by atoms with Gasteiger partial charge in [0.05, 0.1) is 23.1 Å². The monoisotopic (exact) mass is 304 g/mol. The zero-order chi connectivity index (χ0) is 14.9. The third-order valence-corrected chi connectivity index (χ3v) is 5.09. The zero-order valence-corrected chi connectivity index (χ0v) is 12.3. The van der Waals surface area contributed by atoms with E-state index in [1.165, 1.54) is 0 Å². The van der Waals surface area contributed by atoms with Crippen LogP contribution in [0.1, 0.15) is 25.1 Å². The van der Waals surface area contributed by atoms with Crippen LogP contribution in [0, 0.1) is 5.41 Å². The molecule has 110 valence electrons. The van der Waals surface area contributed by atoms with Crippen molar-refractivity contribution < 1.29 is 9.90 Å². The van der Waals surface area contributed by atoms with Gasteiger partial charge in [-0.1, -0.05) is 12.1 Å². The number of aromatic nitrogens is 2. The molecule has 1 heterocycles. The summed E-state index contributed by atoms with van der Waals surface area (Å²) >= 11 is 1.64. The molecule has 0 radical (unpaired) electrons. The Morgan fingerprint density at radius 1 is 1.38 bits per heavy atom. The molecule has 0 amide bonds. The average molecular weight is 304 g/mol. The van der Waals surface area contributed by atoms with Gasteiger partial charge in [0.25, 0.3) is 5.56 Å². The number of fused-ring (bicyclic) bond motifs is 1. The highest BCUT2D eigenvalue weighted by molar-refractivity contribution is 7.98. The second-order valence-corrected chi connectivity index (χ2v) is 6.58. The van der Waals surface area contributed by atoms with Crippen molar-refractivity contribution in [3.8, 4) is 0 Å². The van der Waals surface area contributed by atoms with Crippen LogP contribution in [0.3, 0.4) is 0 Å². The van der Waals surface area contributed by atoms with E-state index >= 15 is 0 Å². The Kier molecular flexibility index (Phi) is 3.71. The van der Waals surface area contributed by atoms with Crippen LogP contribution in [0.5, 0.6) is 0 Å². The number of para-hydroxylation sites is 1. The molecule has 1 saturated carbocycles. The fourth-order valence-corrected chi connectivity index (χ4v) is 3.69. The lowest BCUT2D eigenvalue weighted by atomic mass is 10.1. The molecule has 0 aliphatic heterocycles. The van der Waals surface area contributed by atoms with E-state index in [-0.39, 0.29) is 17.4 Å². The van der Waals surface area contributed by atoms with Crippen molar-refractivity contribution in [2.45, 2.75) is 25.0 Å². The lowest BCUT2D eigenvalue weighted by molar-refractivity contribution is -0.138. The third kappa shape index (κ3) is 3.26. The summed E-state index contributed by atoms with van der Waals surface area (Å²) < 4.78 is 0. The molecular formula is C15H16N2O3S. The van der Waals surface area contributed by atoms with E-state index < -0.39 is 5.97 Å². The summed E-state index contributed by atoms with van der Waals surface area (Å²) in [5.41, 5.74) is 0.541. The Morgan fingerprint density at radius 3 is 2.86 bits per heavy atom. The second-order valence-electron chi connectivity index (χ2n) is 5.59. The largest absolute Gasteiger partial charge is 0.481 e. The quantitative estimate of drug-likeness (QED) is 0.856. The fourth-order valence-electron chi connectivity index (χ4n) is 2.44. The zero-order valence-electron chi connectivity index (χ0n) is 11.5. The molecule has 0 unspecified atom stereocenters. The van der Waals surface area contributed by atoms with E-state index in [2.05, 4.69) is 9.97 Å². The number of carboxylic acids is 1. The number of aromatic amines is 1. The van der Waals surface area contributed by atoms with Gasteiger partial charge in [0, 0.05) is 0 Å². The maximum Gasteiger partial charge on any atom is 0.303 e. The number of benzene rings is 1. The number of hydrogen-bond acceptors (Lipinski definition) is 4. The highest BCUT2D eigenvalue weighted by Crippen LogP contribution is 2.51. The van der Waals surface area contributed by atoms with Gasteiger partial charge in [-0.2, -0.15) is 11.8 Å². The van der Waals surface area contributed by atoms with E-state index in [1.807, 2.05) is 18.2 Å². The number of carbonyl (C=O) groups is 1. The minimum Gasteiger partial charge on any atom is -0.481 e. The van der Waals surface area contributed by atoms with Crippen LogP contribution in [0.25, 0.3) is 10.9 Å². The summed E-state index contributed by atoms with van der Waals surface area (Å²) in [4.78, 5) is 30.0. The molecular weight excluding hydrogens is 288 g/mol. The van der Waals surface area contributed by atoms with E-state index in [4.69, 9.17) is 5.11 Å². The molecule has 0 bridgehead atoms. The van der Waals surface area contributed by atoms with Crippen molar-refractivity contribution in [2.24, 2.45) is 5.41 Å². The summed E-state index contributed by atoms with van der Waals surface area (Å²) in [7, 11) is 0. The molecule has 1 aliphatic rings. The first-order valence-corrected chi connectivity index (χ1v) is 8.01. The van der Waals surface area contributed by atoms with Crippen LogP contribution >= 0.6 is 11.8 Å². The van der Waals surface area contributed by atoms with Crippen molar-refractivity contribution in [1.82, 2.24) is 9.97 Å². The number of carboxylic acid groups (broad SMARTS) is 1. The normalized spacial score (nSPS) is 16.0. The van der Waals surface area contributed by atoms with Gasteiger partial charge < -0.3 is 10.1 Å². The van der Waals surface area contributed by atoms with Gasteiger partial charge in [0.1, 0.15) is 5.82 Å². The van der Waals surface area contributed by atoms with Gasteiger partial charge in [0.15, 0.2) is 0 Å². The van der Waals surface area contributed by atoms with Crippen molar-refractivity contribution in [2.75, 3.05) is 5.75 Å². The Bertz CT molecular complexity index is 737. The van der Waals surface area contributed by atoms with E-state index in [0.29, 0.717) is 22.5 Å². The summed E-state index contributed by atoms with van der Waals surface area (Å²) in [6.45, 7) is 0. The number of aliphatic carboxylic acids is 1. The number of hydrogen-bond donors (Lipinski definition) is 2. The molecule has 0 atom stereocenters. The summed E-state index contributed by atoms with van der Waals surface area (Å²) in [5, 5.41) is 9.48. The standard InChI is InChI=1S/C15H16N2O3S/c18-13(19)7-15(5-6-15)9-21-8-12-16-11-4-2-1-3-10(11)14(20)17-12/h1-4H,5-9H2,(H,18,19)(H,16,17,20). The second kappa shape index (κ2) is 5.52. The Balaban J connectivity index is 1.66. The Hall–Kier alpha value is -1.82. The maximum absolute atomic E-state index is 11.9. The number of nitrogens with zero attached hydrogens (tertiary/aromatic N) is 1. The first-order chi connectivity index (χ1) is 10.1. The molecule has 3 rings (SSSR count). The molecule has 6 heteroatoms. The minimum atomic E-state index is -0.731. The van der Waals surface area contributed by atoms with Crippen LogP contribution in [0.4, 0.5) is 0 Å². The molecule has 0 spiro atoms. The molecule has 2 N–H and O–H groups in total. The maximum atomic E-state index is 11.9. The molecule has 0 saturated heterocycles. The van der Waals surface area contributed by atoms with E-state index in [9.17, 15) is 9.59 Å². The van der Waals surface area contributed by atoms with Crippen molar-refractivity contribution in [3.05, 3.63) is 40.4 Å². The smallest absolute Gasteiger partial charge is 0.303 e. The topological polar surface area (TPSA) is 83.0 Å². The summed E-state index contributed by atoms with van der Waals surface area (Å²) in [5.74, 6) is 1.32. The number of rotatable bonds is 6. The first kappa shape index (κ1) is 14.1. The van der Waals surface area contributed by atoms with Gasteiger partial charge in [-0.25, -0.2) is 4.98 Å². The van der Waals surface area contributed by atoms with Crippen molar-refractivity contribution in [3.63, 3.8) is 0 Å². The summed E-state index contributed by atoms with van der Waals surface area (Å²) in [6.07, 6.45) is 2.20.